The Kier molecular flexibility index (Phi) is 4.92. The molecule has 0 radical (unpaired) electrons. The molecule has 1 fully saturated rings. The number of nitrogens with zero attached hydrogens (tertiary/aromatic N) is 1. The summed E-state index contributed by atoms with van der Waals surface area (Å²) in [7, 11) is 0. The molecule has 0 aliphatic carbocycles. The van der Waals surface area contributed by atoms with Crippen LogP contribution in [0, 0.1) is 0 Å². The van der Waals surface area contributed by atoms with Gasteiger partial charge in [0.1, 0.15) is 11.4 Å². The molecule has 2 N–H and O–H groups in total. The van der Waals surface area contributed by atoms with E-state index in [4.69, 9.17) is 9.94 Å². The number of hydroxylamine groups is 1. The van der Waals surface area contributed by atoms with E-state index < -0.39 is 5.91 Å². The van der Waals surface area contributed by atoms with E-state index in [1.54, 1.807) is 24.3 Å². The predicted molar refractivity (Wildman–Crippen MR) is 93.7 cm³/mol. The number of ether oxygens (including phenoxy) is 1. The lowest BCUT2D eigenvalue weighted by molar-refractivity contribution is -0.124. The number of rotatable bonds is 3. The molecule has 3 rings (SSSR count). The highest BCUT2D eigenvalue weighted by atomic mass is 16.5. The lowest BCUT2D eigenvalue weighted by Gasteiger charge is -2.45. The summed E-state index contributed by atoms with van der Waals surface area (Å²) in [6, 6.07) is 5.83. The van der Waals surface area contributed by atoms with Gasteiger partial charge in [-0.1, -0.05) is 6.07 Å². The van der Waals surface area contributed by atoms with Gasteiger partial charge in [-0.3, -0.25) is 14.8 Å². The second kappa shape index (κ2) is 6.98. The molecular formula is C19H24N2O4. The number of carbonyl (C=O) groups excluding carboxylic acids is 2. The van der Waals surface area contributed by atoms with E-state index in [0.717, 1.165) is 25.9 Å². The number of likely N-dealkylation sites (tertiary alicyclic amines) is 1. The zero-order valence-corrected chi connectivity index (χ0v) is 14.6. The van der Waals surface area contributed by atoms with Gasteiger partial charge in [0.15, 0.2) is 5.78 Å². The number of fused-ring (bicyclic) bond motifs is 1. The Bertz CT molecular complexity index is 703. The van der Waals surface area contributed by atoms with Gasteiger partial charge in [0.05, 0.1) is 12.0 Å². The first-order valence-electron chi connectivity index (χ1n) is 8.65. The fourth-order valence-electron chi connectivity index (χ4n) is 3.55. The van der Waals surface area contributed by atoms with Crippen molar-refractivity contribution in [3.8, 4) is 5.75 Å². The first-order chi connectivity index (χ1) is 11.9. The van der Waals surface area contributed by atoms with Crippen LogP contribution < -0.4 is 10.2 Å². The minimum absolute atomic E-state index is 0.0844. The summed E-state index contributed by atoms with van der Waals surface area (Å²) in [6.07, 6.45) is 4.86. The van der Waals surface area contributed by atoms with Crippen molar-refractivity contribution in [1.82, 2.24) is 10.4 Å². The van der Waals surface area contributed by atoms with Crippen LogP contribution in [0.15, 0.2) is 24.3 Å². The molecule has 2 aliphatic rings. The standard InChI is InChI=1S/C19H24N2O4/c1-13(2)21-9-7-19(8-10-21)12-16(22)15-11-14(3-5-17(15)25-19)4-6-18(23)20-24/h3-6,11,13,24H,7-10,12H2,1-2H3,(H,20,23)/b6-4+. The Morgan fingerprint density at radius 3 is 2.72 bits per heavy atom. The molecule has 25 heavy (non-hydrogen) atoms. The number of hydrogen-bond donors (Lipinski definition) is 2. The van der Waals surface area contributed by atoms with Gasteiger partial charge in [-0.05, 0) is 37.6 Å². The molecular weight excluding hydrogens is 320 g/mol. The fourth-order valence-corrected chi connectivity index (χ4v) is 3.55. The first-order valence-corrected chi connectivity index (χ1v) is 8.65. The summed E-state index contributed by atoms with van der Waals surface area (Å²) in [5.74, 6) is 0.0928. The smallest absolute Gasteiger partial charge is 0.267 e. The van der Waals surface area contributed by atoms with Gasteiger partial charge in [-0.25, -0.2) is 5.48 Å². The lowest BCUT2D eigenvalue weighted by Crippen LogP contribution is -2.52. The highest BCUT2D eigenvalue weighted by Crippen LogP contribution is 2.40. The van der Waals surface area contributed by atoms with Crippen molar-refractivity contribution in [3.63, 3.8) is 0 Å². The maximum atomic E-state index is 12.7. The maximum absolute atomic E-state index is 12.7. The first kappa shape index (κ1) is 17.6. The molecule has 0 bridgehead atoms. The van der Waals surface area contributed by atoms with E-state index in [1.807, 2.05) is 0 Å². The molecule has 0 aromatic heterocycles. The van der Waals surface area contributed by atoms with Crippen LogP contribution >= 0.6 is 0 Å². The third-order valence-corrected chi connectivity index (χ3v) is 5.09. The average Bonchev–Trinajstić information content (AvgIpc) is 2.60. The van der Waals surface area contributed by atoms with Gasteiger partial charge >= 0.3 is 0 Å². The molecule has 1 aromatic rings. The number of ketones is 1. The summed E-state index contributed by atoms with van der Waals surface area (Å²) in [4.78, 5) is 26.2. The summed E-state index contributed by atoms with van der Waals surface area (Å²) in [5, 5.41) is 8.51. The topological polar surface area (TPSA) is 78.9 Å². The molecule has 1 aromatic carbocycles. The van der Waals surface area contributed by atoms with Crippen LogP contribution in [0.3, 0.4) is 0 Å². The normalized spacial score (nSPS) is 19.9. The summed E-state index contributed by atoms with van der Waals surface area (Å²) in [5.41, 5.74) is 2.42. The van der Waals surface area contributed by atoms with Crippen LogP contribution in [0.4, 0.5) is 0 Å². The molecule has 0 unspecified atom stereocenters. The molecule has 2 aliphatic heterocycles. The molecule has 2 heterocycles. The monoisotopic (exact) mass is 344 g/mol. The Morgan fingerprint density at radius 1 is 1.36 bits per heavy atom. The average molecular weight is 344 g/mol. The van der Waals surface area contributed by atoms with E-state index >= 15 is 0 Å². The van der Waals surface area contributed by atoms with Crippen LogP contribution in [0.5, 0.6) is 5.75 Å². The highest BCUT2D eigenvalue weighted by molar-refractivity contribution is 6.01. The second-order valence-corrected chi connectivity index (χ2v) is 7.08. The zero-order chi connectivity index (χ0) is 18.0. The Morgan fingerprint density at radius 2 is 2.08 bits per heavy atom. The Labute approximate surface area is 147 Å². The SMILES string of the molecule is CC(C)N1CCC2(CC1)CC(=O)c1cc(/C=C/C(=O)NO)ccc1O2. The number of amides is 1. The molecule has 6 nitrogen and oxygen atoms in total. The summed E-state index contributed by atoms with van der Waals surface area (Å²) >= 11 is 0. The van der Waals surface area contributed by atoms with E-state index in [2.05, 4.69) is 18.7 Å². The van der Waals surface area contributed by atoms with Crippen LogP contribution in [0.25, 0.3) is 6.08 Å². The fraction of sp³-hybridized carbons (Fsp3) is 0.474. The minimum Gasteiger partial charge on any atom is -0.486 e. The van der Waals surface area contributed by atoms with Crippen LogP contribution in [0.2, 0.25) is 0 Å². The maximum Gasteiger partial charge on any atom is 0.267 e. The van der Waals surface area contributed by atoms with Crippen LogP contribution in [-0.4, -0.2) is 46.5 Å². The third kappa shape index (κ3) is 3.75. The van der Waals surface area contributed by atoms with Gasteiger partial charge in [0.2, 0.25) is 0 Å². The van der Waals surface area contributed by atoms with Crippen LogP contribution in [0.1, 0.15) is 49.0 Å². The summed E-state index contributed by atoms with van der Waals surface area (Å²) in [6.45, 7) is 6.26. The van der Waals surface area contributed by atoms with Gasteiger partial charge in [-0.15, -0.1) is 0 Å². The molecule has 1 saturated heterocycles. The highest BCUT2D eigenvalue weighted by Gasteiger charge is 2.43. The molecule has 0 atom stereocenters. The van der Waals surface area contributed by atoms with E-state index in [9.17, 15) is 9.59 Å². The van der Waals surface area contributed by atoms with Gasteiger partial charge < -0.3 is 9.64 Å². The molecule has 6 heteroatoms. The Hall–Kier alpha value is -2.18. The quantitative estimate of drug-likeness (QED) is 0.500. The van der Waals surface area contributed by atoms with Crippen molar-refractivity contribution in [1.29, 1.82) is 0 Å². The van der Waals surface area contributed by atoms with Gasteiger partial charge in [0, 0.05) is 38.0 Å². The van der Waals surface area contributed by atoms with E-state index in [1.165, 1.54) is 11.6 Å². The van der Waals surface area contributed by atoms with Crippen molar-refractivity contribution in [3.05, 3.63) is 35.4 Å². The third-order valence-electron chi connectivity index (χ3n) is 5.09. The zero-order valence-electron chi connectivity index (χ0n) is 14.6. The minimum atomic E-state index is -0.615. The second-order valence-electron chi connectivity index (χ2n) is 7.08. The van der Waals surface area contributed by atoms with Crippen molar-refractivity contribution < 1.29 is 19.5 Å². The number of nitrogens with one attached hydrogen (secondary N) is 1. The van der Waals surface area contributed by atoms with Crippen LogP contribution in [-0.2, 0) is 4.79 Å². The predicted octanol–water partition coefficient (Wildman–Crippen LogP) is 2.41. The molecule has 1 amide bonds. The van der Waals surface area contributed by atoms with E-state index in [-0.39, 0.29) is 11.4 Å². The Balaban J connectivity index is 1.77. The number of carbonyl (C=O) groups is 2. The number of piperidine rings is 1. The molecule has 1 spiro atoms. The van der Waals surface area contributed by atoms with Gasteiger partial charge in [0.25, 0.3) is 5.91 Å². The van der Waals surface area contributed by atoms with Crippen molar-refractivity contribution >= 4 is 17.8 Å². The van der Waals surface area contributed by atoms with Crippen molar-refractivity contribution in [2.75, 3.05) is 13.1 Å². The number of benzene rings is 1. The van der Waals surface area contributed by atoms with Gasteiger partial charge in [-0.2, -0.15) is 0 Å². The molecule has 134 valence electrons. The number of hydrogen-bond acceptors (Lipinski definition) is 5. The summed E-state index contributed by atoms with van der Waals surface area (Å²) < 4.78 is 6.27. The number of Topliss-reactive ketones (excluding diaryl/α,β-unsaturated/α-hetero) is 1. The van der Waals surface area contributed by atoms with E-state index in [0.29, 0.717) is 29.3 Å². The largest absolute Gasteiger partial charge is 0.486 e. The molecule has 0 saturated carbocycles. The van der Waals surface area contributed by atoms with Crippen molar-refractivity contribution in [2.45, 2.75) is 44.8 Å². The van der Waals surface area contributed by atoms with Crippen molar-refractivity contribution in [2.24, 2.45) is 0 Å². The lowest BCUT2D eigenvalue weighted by atomic mass is 9.82.